The minimum atomic E-state index is -4.60. The van der Waals surface area contributed by atoms with Crippen LogP contribution in [-0.2, 0) is 11.0 Å². The Hall–Kier alpha value is -3.64. The molecule has 0 radical (unpaired) electrons. The largest absolute Gasteiger partial charge is 0.419 e. The average Bonchev–Trinajstić information content (AvgIpc) is 2.80. The minimum Gasteiger partial charge on any atom is -0.394 e. The van der Waals surface area contributed by atoms with Gasteiger partial charge in [0.1, 0.15) is 5.70 Å². The van der Waals surface area contributed by atoms with Crippen molar-refractivity contribution in [2.75, 3.05) is 25.5 Å². The summed E-state index contributed by atoms with van der Waals surface area (Å²) < 4.78 is 67.1. The predicted octanol–water partition coefficient (Wildman–Crippen LogP) is 3.25. The fourth-order valence-electron chi connectivity index (χ4n) is 3.84. The third kappa shape index (κ3) is 6.28. The maximum Gasteiger partial charge on any atom is 0.419 e. The highest BCUT2D eigenvalue weighted by molar-refractivity contribution is 6.17. The Morgan fingerprint density at radius 3 is 2.54 bits per heavy atom. The van der Waals surface area contributed by atoms with Gasteiger partial charge in [-0.2, -0.15) is 13.2 Å². The molecular weight excluding hydrogens is 473 g/mol. The Kier molecular flexibility index (Phi) is 7.66. The van der Waals surface area contributed by atoms with Crippen LogP contribution in [0.2, 0.25) is 0 Å². The lowest BCUT2D eigenvalue weighted by atomic mass is 9.88. The number of hydrogen-bond donors (Lipinski definition) is 2. The fourth-order valence-corrected chi connectivity index (χ4v) is 3.84. The van der Waals surface area contributed by atoms with Gasteiger partial charge in [0.25, 0.3) is 11.8 Å². The van der Waals surface area contributed by atoms with E-state index in [2.05, 4.69) is 25.3 Å². The van der Waals surface area contributed by atoms with Gasteiger partial charge in [-0.3, -0.25) is 14.8 Å². The standard InChI is InChI=1S/C22H24F5N7O/c1-13-7-21(23,24)12-34(17(13)11-33-20-31-8-14(9-32-20)22(25,26)27)19(35)18(28)15(10-29-2)16-5-3-4-6-30-16/h3-6,8-10,13,17H,7,11-12,28H2,1-2H3,(H,31,32,33)/t13-,17?/m1/s1. The maximum absolute atomic E-state index is 14.5. The highest BCUT2D eigenvalue weighted by Gasteiger charge is 2.46. The van der Waals surface area contributed by atoms with E-state index in [4.69, 9.17) is 5.73 Å². The molecule has 3 N–H and O–H groups in total. The Bertz CT molecular complexity index is 1090. The summed E-state index contributed by atoms with van der Waals surface area (Å²) in [6.07, 6.45) is -1.04. The van der Waals surface area contributed by atoms with Gasteiger partial charge in [0.05, 0.1) is 23.8 Å². The number of aliphatic imine (C=N–C) groups is 1. The van der Waals surface area contributed by atoms with Gasteiger partial charge in [-0.1, -0.05) is 13.0 Å². The summed E-state index contributed by atoms with van der Waals surface area (Å²) in [5, 5.41) is 2.74. The molecule has 1 aliphatic heterocycles. The molecule has 1 amide bonds. The summed E-state index contributed by atoms with van der Waals surface area (Å²) in [6, 6.07) is 4.18. The first-order valence-electron chi connectivity index (χ1n) is 10.6. The van der Waals surface area contributed by atoms with E-state index in [1.807, 2.05) is 0 Å². The van der Waals surface area contributed by atoms with Gasteiger partial charge in [-0.05, 0) is 18.1 Å². The van der Waals surface area contributed by atoms with Gasteiger partial charge in [0, 0.05) is 50.4 Å². The van der Waals surface area contributed by atoms with Gasteiger partial charge in [0.2, 0.25) is 5.95 Å². The topological polar surface area (TPSA) is 109 Å². The number of allylic oxidation sites excluding steroid dienone is 1. The molecule has 35 heavy (non-hydrogen) atoms. The number of anilines is 1. The molecule has 2 aromatic rings. The smallest absolute Gasteiger partial charge is 0.394 e. The second-order valence-corrected chi connectivity index (χ2v) is 8.14. The third-order valence-electron chi connectivity index (χ3n) is 5.51. The summed E-state index contributed by atoms with van der Waals surface area (Å²) in [7, 11) is 1.47. The summed E-state index contributed by atoms with van der Waals surface area (Å²) in [6.45, 7) is 0.596. The van der Waals surface area contributed by atoms with Crippen LogP contribution in [0.4, 0.5) is 27.9 Å². The van der Waals surface area contributed by atoms with Crippen LogP contribution in [0.3, 0.4) is 0 Å². The quantitative estimate of drug-likeness (QED) is 0.360. The zero-order valence-electron chi connectivity index (χ0n) is 18.9. The van der Waals surface area contributed by atoms with Crippen molar-refractivity contribution in [2.45, 2.75) is 31.5 Å². The van der Waals surface area contributed by atoms with E-state index < -0.39 is 48.5 Å². The Morgan fingerprint density at radius 1 is 1.29 bits per heavy atom. The molecule has 13 heteroatoms. The van der Waals surface area contributed by atoms with Crippen LogP contribution in [0.15, 0.2) is 47.5 Å². The molecule has 0 saturated carbocycles. The SMILES string of the molecule is CN=CC(=C(N)C(=O)N1CC(F)(F)C[C@@H](C)C1CNc1ncc(C(F)(F)F)cn1)c1ccccn1. The number of nitrogens with two attached hydrogens (primary N) is 1. The van der Waals surface area contributed by atoms with Crippen molar-refractivity contribution in [3.8, 4) is 0 Å². The second kappa shape index (κ2) is 10.3. The molecule has 188 valence electrons. The Morgan fingerprint density at radius 2 is 1.97 bits per heavy atom. The number of rotatable bonds is 6. The molecule has 3 heterocycles. The number of aromatic nitrogens is 3. The van der Waals surface area contributed by atoms with Gasteiger partial charge < -0.3 is 16.0 Å². The monoisotopic (exact) mass is 497 g/mol. The lowest BCUT2D eigenvalue weighted by Crippen LogP contribution is -2.58. The first-order valence-corrected chi connectivity index (χ1v) is 10.6. The van der Waals surface area contributed by atoms with Crippen molar-refractivity contribution in [3.05, 3.63) is 53.7 Å². The average molecular weight is 497 g/mol. The summed E-state index contributed by atoms with van der Waals surface area (Å²) in [5.74, 6) is -4.79. The molecule has 1 aliphatic rings. The molecule has 0 bridgehead atoms. The van der Waals surface area contributed by atoms with Crippen molar-refractivity contribution in [1.82, 2.24) is 19.9 Å². The summed E-state index contributed by atoms with van der Waals surface area (Å²) in [4.78, 5) is 29.6. The van der Waals surface area contributed by atoms with Crippen LogP contribution in [0, 0.1) is 5.92 Å². The maximum atomic E-state index is 14.5. The molecule has 1 saturated heterocycles. The molecule has 0 spiro atoms. The number of pyridine rings is 1. The normalized spacial score (nSPS) is 21.1. The number of halogens is 5. The van der Waals surface area contributed by atoms with Crippen molar-refractivity contribution >= 4 is 23.6 Å². The zero-order valence-corrected chi connectivity index (χ0v) is 18.9. The van der Waals surface area contributed by atoms with Crippen LogP contribution in [0.5, 0.6) is 0 Å². The Labute approximate surface area is 198 Å². The molecule has 2 aromatic heterocycles. The van der Waals surface area contributed by atoms with Gasteiger partial charge in [0.15, 0.2) is 0 Å². The highest BCUT2D eigenvalue weighted by Crippen LogP contribution is 2.35. The van der Waals surface area contributed by atoms with E-state index in [0.29, 0.717) is 18.1 Å². The predicted molar refractivity (Wildman–Crippen MR) is 120 cm³/mol. The van der Waals surface area contributed by atoms with Crippen LogP contribution in [0.1, 0.15) is 24.6 Å². The molecule has 1 fully saturated rings. The van der Waals surface area contributed by atoms with Crippen molar-refractivity contribution in [3.63, 3.8) is 0 Å². The third-order valence-corrected chi connectivity index (χ3v) is 5.51. The number of nitrogens with zero attached hydrogens (tertiary/aromatic N) is 5. The van der Waals surface area contributed by atoms with Crippen molar-refractivity contribution in [2.24, 2.45) is 16.6 Å². The molecule has 3 rings (SSSR count). The van der Waals surface area contributed by atoms with E-state index in [-0.39, 0.29) is 23.8 Å². The minimum absolute atomic E-state index is 0.0809. The van der Waals surface area contributed by atoms with Crippen LogP contribution < -0.4 is 11.1 Å². The number of hydrogen-bond acceptors (Lipinski definition) is 7. The number of piperidine rings is 1. The van der Waals surface area contributed by atoms with Crippen molar-refractivity contribution in [1.29, 1.82) is 0 Å². The number of carbonyl (C=O) groups is 1. The highest BCUT2D eigenvalue weighted by atomic mass is 19.4. The number of likely N-dealkylation sites (tertiary alicyclic amines) is 1. The zero-order chi connectivity index (χ0) is 25.8. The molecule has 0 aliphatic carbocycles. The number of amides is 1. The van der Waals surface area contributed by atoms with E-state index in [1.165, 1.54) is 19.5 Å². The molecular formula is C22H24F5N7O. The van der Waals surface area contributed by atoms with E-state index in [0.717, 1.165) is 4.90 Å². The number of alkyl halides is 5. The first kappa shape index (κ1) is 26.0. The van der Waals surface area contributed by atoms with Gasteiger partial charge >= 0.3 is 6.18 Å². The van der Waals surface area contributed by atoms with Crippen molar-refractivity contribution < 1.29 is 26.7 Å². The second-order valence-electron chi connectivity index (χ2n) is 8.14. The number of carbonyl (C=O) groups excluding carboxylic acids is 1. The molecule has 1 unspecified atom stereocenters. The molecule has 2 atom stereocenters. The van der Waals surface area contributed by atoms with Gasteiger partial charge in [-0.25, -0.2) is 18.7 Å². The van der Waals surface area contributed by atoms with Crippen LogP contribution in [0.25, 0.3) is 5.57 Å². The summed E-state index contributed by atoms with van der Waals surface area (Å²) in [5.41, 5.74) is 5.32. The molecule has 8 nitrogen and oxygen atoms in total. The Balaban J connectivity index is 1.88. The van der Waals surface area contributed by atoms with Gasteiger partial charge in [-0.15, -0.1) is 0 Å². The lowest BCUT2D eigenvalue weighted by Gasteiger charge is -2.43. The van der Waals surface area contributed by atoms with E-state index in [9.17, 15) is 26.7 Å². The summed E-state index contributed by atoms with van der Waals surface area (Å²) >= 11 is 0. The number of nitrogens with one attached hydrogen (secondary N) is 1. The van der Waals surface area contributed by atoms with Crippen LogP contribution >= 0.6 is 0 Å². The lowest BCUT2D eigenvalue weighted by molar-refractivity contribution is -0.148. The molecule has 0 aromatic carbocycles. The first-order chi connectivity index (χ1) is 16.4. The van der Waals surface area contributed by atoms with E-state index in [1.54, 1.807) is 25.1 Å². The fraction of sp³-hybridized carbons (Fsp3) is 0.409. The van der Waals surface area contributed by atoms with Crippen LogP contribution in [-0.4, -0.2) is 64.1 Å². The van der Waals surface area contributed by atoms with E-state index >= 15 is 0 Å².